The van der Waals surface area contributed by atoms with Crippen molar-refractivity contribution in [3.63, 3.8) is 0 Å². The van der Waals surface area contributed by atoms with E-state index in [1.807, 2.05) is 0 Å². The zero-order valence-electron chi connectivity index (χ0n) is 9.04. The highest BCUT2D eigenvalue weighted by Gasteiger charge is 2.50. The Morgan fingerprint density at radius 3 is 3.00 bits per heavy atom. The van der Waals surface area contributed by atoms with Gasteiger partial charge in [-0.2, -0.15) is 0 Å². The summed E-state index contributed by atoms with van der Waals surface area (Å²) in [5.41, 5.74) is 2.33. The van der Waals surface area contributed by atoms with Crippen LogP contribution < -0.4 is 4.74 Å². The summed E-state index contributed by atoms with van der Waals surface area (Å²) in [6.07, 6.45) is 4.15. The van der Waals surface area contributed by atoms with Crippen molar-refractivity contribution in [3.8, 4) is 5.75 Å². The highest BCUT2D eigenvalue weighted by Crippen LogP contribution is 2.48. The molecular weight excluding hydrogens is 188 g/mol. The van der Waals surface area contributed by atoms with Gasteiger partial charge in [-0.25, -0.2) is 0 Å². The lowest BCUT2D eigenvalue weighted by Gasteiger charge is -2.28. The van der Waals surface area contributed by atoms with Crippen LogP contribution in [0.4, 0.5) is 0 Å². The van der Waals surface area contributed by atoms with E-state index in [1.54, 1.807) is 7.11 Å². The number of para-hydroxylation sites is 1. The van der Waals surface area contributed by atoms with Crippen molar-refractivity contribution in [2.75, 3.05) is 7.11 Å². The molecule has 0 bridgehead atoms. The number of benzene rings is 1. The molecule has 2 heteroatoms. The van der Waals surface area contributed by atoms with Crippen LogP contribution in [0.25, 0.3) is 0 Å². The first-order chi connectivity index (χ1) is 7.25. The number of ether oxygens (including phenoxy) is 2. The number of methoxy groups -OCH3 is 1. The van der Waals surface area contributed by atoms with Crippen molar-refractivity contribution >= 4 is 0 Å². The molecule has 1 aromatic carbocycles. The van der Waals surface area contributed by atoms with Crippen LogP contribution in [0.3, 0.4) is 0 Å². The lowest BCUT2D eigenvalue weighted by Crippen LogP contribution is -2.29. The van der Waals surface area contributed by atoms with Gasteiger partial charge in [-0.3, -0.25) is 0 Å². The lowest BCUT2D eigenvalue weighted by molar-refractivity contribution is 0.120. The zero-order valence-corrected chi connectivity index (χ0v) is 9.04. The molecule has 0 amide bonds. The average molecular weight is 202 g/mol. The van der Waals surface area contributed by atoms with Crippen molar-refractivity contribution in [1.82, 2.24) is 0 Å². The van der Waals surface area contributed by atoms with Gasteiger partial charge >= 0.3 is 0 Å². The maximum absolute atomic E-state index is 6.05. The summed E-state index contributed by atoms with van der Waals surface area (Å²) in [4.78, 5) is 0. The molecule has 1 aliphatic carbocycles. The number of rotatable bonds is 1. The molecule has 78 valence electrons. The Labute approximate surface area is 89.5 Å². The molecule has 1 aromatic rings. The van der Waals surface area contributed by atoms with Gasteiger partial charge in [0.1, 0.15) is 11.5 Å². The molecule has 0 saturated heterocycles. The summed E-state index contributed by atoms with van der Waals surface area (Å²) < 4.78 is 11.3. The second kappa shape index (κ2) is 2.78. The van der Waals surface area contributed by atoms with E-state index in [0.29, 0.717) is 0 Å². The Hall–Kier alpha value is -1.44. The summed E-state index contributed by atoms with van der Waals surface area (Å²) in [5, 5.41) is 0. The number of fused-ring (bicyclic) bond motifs is 1. The molecule has 0 saturated carbocycles. The van der Waals surface area contributed by atoms with E-state index in [2.05, 4.69) is 31.2 Å². The molecule has 1 spiro atoms. The third-order valence-electron chi connectivity index (χ3n) is 3.26. The van der Waals surface area contributed by atoms with Gasteiger partial charge in [-0.1, -0.05) is 18.2 Å². The van der Waals surface area contributed by atoms with E-state index in [-0.39, 0.29) is 5.60 Å². The Morgan fingerprint density at radius 1 is 1.40 bits per heavy atom. The number of hydrogen-bond donors (Lipinski definition) is 0. The largest absolute Gasteiger partial charge is 0.497 e. The smallest absolute Gasteiger partial charge is 0.187 e. The van der Waals surface area contributed by atoms with Crippen molar-refractivity contribution in [1.29, 1.82) is 0 Å². The molecule has 0 N–H and O–H groups in total. The fraction of sp³-hybridized carbons (Fsp3) is 0.385. The third kappa shape index (κ3) is 1.17. The Kier molecular flexibility index (Phi) is 1.64. The van der Waals surface area contributed by atoms with Gasteiger partial charge in [0.2, 0.25) is 0 Å². The first-order valence-corrected chi connectivity index (χ1v) is 5.30. The van der Waals surface area contributed by atoms with Gasteiger partial charge in [0.15, 0.2) is 5.60 Å². The molecule has 0 radical (unpaired) electrons. The number of aryl methyl sites for hydroxylation is 2. The maximum atomic E-state index is 6.05. The second-order valence-corrected chi connectivity index (χ2v) is 4.27. The molecule has 2 nitrogen and oxygen atoms in total. The highest BCUT2D eigenvalue weighted by molar-refractivity contribution is 5.50. The van der Waals surface area contributed by atoms with E-state index in [1.165, 1.54) is 11.1 Å². The quantitative estimate of drug-likeness (QED) is 0.697. The lowest BCUT2D eigenvalue weighted by atomic mass is 9.97. The van der Waals surface area contributed by atoms with Crippen molar-refractivity contribution in [2.45, 2.75) is 25.4 Å². The minimum Gasteiger partial charge on any atom is -0.497 e. The molecule has 3 rings (SSSR count). The van der Waals surface area contributed by atoms with E-state index < -0.39 is 0 Å². The van der Waals surface area contributed by atoms with Gasteiger partial charge in [-0.15, -0.1) is 0 Å². The topological polar surface area (TPSA) is 18.5 Å². The van der Waals surface area contributed by atoms with Gasteiger partial charge in [-0.05, 0) is 24.5 Å². The fourth-order valence-electron chi connectivity index (χ4n) is 2.29. The molecule has 2 aliphatic rings. The molecule has 0 fully saturated rings. The molecule has 0 aromatic heterocycles. The summed E-state index contributed by atoms with van der Waals surface area (Å²) in [7, 11) is 1.71. The third-order valence-corrected chi connectivity index (χ3v) is 3.26. The maximum Gasteiger partial charge on any atom is 0.187 e. The molecular formula is C13H14O2. The van der Waals surface area contributed by atoms with Crippen LogP contribution in [-0.2, 0) is 11.2 Å². The minimum absolute atomic E-state index is 0.201. The van der Waals surface area contributed by atoms with E-state index in [4.69, 9.17) is 9.47 Å². The summed E-state index contributed by atoms with van der Waals surface area (Å²) in [6, 6.07) is 6.32. The second-order valence-electron chi connectivity index (χ2n) is 4.27. The van der Waals surface area contributed by atoms with Crippen LogP contribution in [0.15, 0.2) is 30.0 Å². The van der Waals surface area contributed by atoms with Crippen LogP contribution in [0, 0.1) is 6.92 Å². The van der Waals surface area contributed by atoms with E-state index in [0.717, 1.165) is 24.4 Å². The first-order valence-electron chi connectivity index (χ1n) is 5.30. The van der Waals surface area contributed by atoms with Gasteiger partial charge < -0.3 is 9.47 Å². The number of hydrogen-bond acceptors (Lipinski definition) is 2. The predicted octanol–water partition coefficient (Wildman–Crippen LogP) is 2.60. The normalized spacial score (nSPS) is 26.7. The highest BCUT2D eigenvalue weighted by atomic mass is 16.6. The van der Waals surface area contributed by atoms with Gasteiger partial charge in [0.05, 0.1) is 7.11 Å². The van der Waals surface area contributed by atoms with E-state index >= 15 is 0 Å². The molecule has 15 heavy (non-hydrogen) atoms. The summed E-state index contributed by atoms with van der Waals surface area (Å²) >= 11 is 0. The summed E-state index contributed by atoms with van der Waals surface area (Å²) in [5.74, 6) is 2.03. The van der Waals surface area contributed by atoms with Crippen molar-refractivity contribution in [3.05, 3.63) is 41.2 Å². The summed E-state index contributed by atoms with van der Waals surface area (Å²) in [6.45, 7) is 2.09. The standard InChI is InChI=1S/C13H14O2/c1-9-4-3-5-10-6-7-13(15-12(9)10)8-11(13)14-2/h3-5,8H,6-7H2,1-2H3. The van der Waals surface area contributed by atoms with Crippen LogP contribution in [0.2, 0.25) is 0 Å². The average Bonchev–Trinajstić information content (AvgIpc) is 2.93. The van der Waals surface area contributed by atoms with Gasteiger partial charge in [0.25, 0.3) is 0 Å². The minimum atomic E-state index is -0.201. The predicted molar refractivity (Wildman–Crippen MR) is 58.0 cm³/mol. The van der Waals surface area contributed by atoms with Crippen LogP contribution >= 0.6 is 0 Å². The van der Waals surface area contributed by atoms with E-state index in [9.17, 15) is 0 Å². The Morgan fingerprint density at radius 2 is 2.27 bits per heavy atom. The monoisotopic (exact) mass is 202 g/mol. The van der Waals surface area contributed by atoms with Crippen molar-refractivity contribution < 1.29 is 9.47 Å². The van der Waals surface area contributed by atoms with Crippen LogP contribution in [0.1, 0.15) is 17.5 Å². The molecule has 1 atom stereocenters. The molecule has 1 heterocycles. The zero-order chi connectivity index (χ0) is 10.5. The first kappa shape index (κ1) is 8.84. The van der Waals surface area contributed by atoms with Crippen LogP contribution in [-0.4, -0.2) is 12.7 Å². The fourth-order valence-corrected chi connectivity index (χ4v) is 2.29. The van der Waals surface area contributed by atoms with Gasteiger partial charge in [0, 0.05) is 12.5 Å². The molecule has 1 aliphatic heterocycles. The molecule has 1 unspecified atom stereocenters. The van der Waals surface area contributed by atoms with Crippen molar-refractivity contribution in [2.24, 2.45) is 0 Å². The Balaban J connectivity index is 1.94. The van der Waals surface area contributed by atoms with Crippen LogP contribution in [0.5, 0.6) is 5.75 Å². The Bertz CT molecular complexity index is 448. The SMILES string of the molecule is COC1=CC12CCc1cccc(C)c1O2.